The summed E-state index contributed by atoms with van der Waals surface area (Å²) in [6.07, 6.45) is 1.99. The molecule has 0 N–H and O–H groups in total. The van der Waals surface area contributed by atoms with Crippen molar-refractivity contribution >= 4 is 23.4 Å². The lowest BCUT2D eigenvalue weighted by Crippen LogP contribution is -2.45. The van der Waals surface area contributed by atoms with Crippen molar-refractivity contribution in [2.75, 3.05) is 26.2 Å². The molecule has 1 aliphatic carbocycles. The molecule has 8 heteroatoms. The highest BCUT2D eigenvalue weighted by atomic mass is 19.1. The molecule has 3 aliphatic rings. The summed E-state index contributed by atoms with van der Waals surface area (Å²) in [6.45, 7) is 3.22. The summed E-state index contributed by atoms with van der Waals surface area (Å²) in [5.74, 6) is -3.06. The molecule has 6 nitrogen and oxygen atoms in total. The van der Waals surface area contributed by atoms with Crippen LogP contribution in [0.25, 0.3) is 0 Å². The fourth-order valence-electron chi connectivity index (χ4n) is 6.13. The minimum atomic E-state index is -0.866. The molecule has 2 heterocycles. The standard InChI is InChI=1S/C31H26F2N2O4/c1-18-6-9-24(32)25(26(18)33)30(39)34-13-10-31(11-14-34)12-15-35(17-31)29(38)19-7-8-22-23(16-19)28(37)21-5-3-2-4-20(21)27(22)36/h2-9,16H,10-15,17H2,1H3. The van der Waals surface area contributed by atoms with E-state index in [1.54, 1.807) is 41.3 Å². The molecule has 0 radical (unpaired) electrons. The molecule has 0 bridgehead atoms. The van der Waals surface area contributed by atoms with E-state index in [4.69, 9.17) is 0 Å². The maximum absolute atomic E-state index is 14.5. The molecule has 198 valence electrons. The zero-order valence-electron chi connectivity index (χ0n) is 21.4. The fraction of sp³-hybridized carbons (Fsp3) is 0.290. The van der Waals surface area contributed by atoms with Crippen molar-refractivity contribution in [3.8, 4) is 0 Å². The number of ketones is 2. The van der Waals surface area contributed by atoms with Gasteiger partial charge in [-0.2, -0.15) is 0 Å². The highest BCUT2D eigenvalue weighted by molar-refractivity contribution is 6.28. The van der Waals surface area contributed by atoms with E-state index >= 15 is 0 Å². The summed E-state index contributed by atoms with van der Waals surface area (Å²) in [5.41, 5.74) is 1.11. The average molecular weight is 529 g/mol. The van der Waals surface area contributed by atoms with Crippen LogP contribution in [-0.4, -0.2) is 59.4 Å². The maximum atomic E-state index is 14.5. The summed E-state index contributed by atoms with van der Waals surface area (Å²) >= 11 is 0. The van der Waals surface area contributed by atoms with Gasteiger partial charge in [0.15, 0.2) is 11.6 Å². The highest BCUT2D eigenvalue weighted by Crippen LogP contribution is 2.41. The largest absolute Gasteiger partial charge is 0.338 e. The number of carbonyl (C=O) groups excluding carboxylic acids is 4. The van der Waals surface area contributed by atoms with Gasteiger partial charge in [-0.05, 0) is 61.4 Å². The monoisotopic (exact) mass is 528 g/mol. The molecular formula is C31H26F2N2O4. The molecule has 0 unspecified atom stereocenters. The Balaban J connectivity index is 1.15. The molecule has 2 amide bonds. The van der Waals surface area contributed by atoms with Crippen LogP contribution in [0.5, 0.6) is 0 Å². The van der Waals surface area contributed by atoms with Crippen molar-refractivity contribution in [1.82, 2.24) is 9.80 Å². The SMILES string of the molecule is Cc1ccc(F)c(C(=O)N2CCC3(CCN(C(=O)c4ccc5c(c4)C(=O)c4ccccc4C5=O)C3)CC2)c1F. The molecular weight excluding hydrogens is 502 g/mol. The lowest BCUT2D eigenvalue weighted by Gasteiger charge is -2.39. The molecule has 2 fully saturated rings. The zero-order chi connectivity index (χ0) is 27.5. The van der Waals surface area contributed by atoms with Crippen LogP contribution >= 0.6 is 0 Å². The van der Waals surface area contributed by atoms with Crippen molar-refractivity contribution in [2.24, 2.45) is 5.41 Å². The third kappa shape index (κ3) is 4.06. The van der Waals surface area contributed by atoms with Crippen LogP contribution in [0.15, 0.2) is 54.6 Å². The van der Waals surface area contributed by atoms with Gasteiger partial charge in [0.1, 0.15) is 17.2 Å². The first-order chi connectivity index (χ1) is 18.7. The number of aryl methyl sites for hydroxylation is 1. The van der Waals surface area contributed by atoms with Crippen molar-refractivity contribution in [3.63, 3.8) is 0 Å². The smallest absolute Gasteiger partial charge is 0.259 e. The van der Waals surface area contributed by atoms with Gasteiger partial charge in [0.25, 0.3) is 11.8 Å². The molecule has 0 atom stereocenters. The number of carbonyl (C=O) groups is 4. The Morgan fingerprint density at radius 1 is 0.744 bits per heavy atom. The lowest BCUT2D eigenvalue weighted by molar-refractivity contribution is 0.0557. The molecule has 3 aromatic rings. The number of piperidine rings is 1. The van der Waals surface area contributed by atoms with Crippen LogP contribution in [0.4, 0.5) is 8.78 Å². The van der Waals surface area contributed by atoms with Crippen LogP contribution < -0.4 is 0 Å². The summed E-state index contributed by atoms with van der Waals surface area (Å²) in [4.78, 5) is 55.6. The predicted molar refractivity (Wildman–Crippen MR) is 139 cm³/mol. The summed E-state index contributed by atoms with van der Waals surface area (Å²) in [7, 11) is 0. The van der Waals surface area contributed by atoms with E-state index in [-0.39, 0.29) is 34.0 Å². The normalized spacial score (nSPS) is 17.8. The molecule has 3 aromatic carbocycles. The van der Waals surface area contributed by atoms with Crippen molar-refractivity contribution in [3.05, 3.63) is 105 Å². The molecule has 1 spiro atoms. The highest BCUT2D eigenvalue weighted by Gasteiger charge is 2.43. The Labute approximate surface area is 224 Å². The van der Waals surface area contributed by atoms with Gasteiger partial charge in [-0.3, -0.25) is 19.2 Å². The van der Waals surface area contributed by atoms with E-state index in [2.05, 4.69) is 0 Å². The molecule has 2 saturated heterocycles. The third-order valence-corrected chi connectivity index (χ3v) is 8.51. The fourth-order valence-corrected chi connectivity index (χ4v) is 6.13. The first kappa shape index (κ1) is 25.1. The molecule has 0 saturated carbocycles. The van der Waals surface area contributed by atoms with Crippen LogP contribution in [0.2, 0.25) is 0 Å². The van der Waals surface area contributed by atoms with E-state index in [0.717, 1.165) is 12.5 Å². The van der Waals surface area contributed by atoms with Gasteiger partial charge in [0, 0.05) is 54.0 Å². The second-order valence-corrected chi connectivity index (χ2v) is 10.8. The van der Waals surface area contributed by atoms with Gasteiger partial charge < -0.3 is 9.80 Å². The molecule has 6 rings (SSSR count). The maximum Gasteiger partial charge on any atom is 0.259 e. The molecule has 2 aliphatic heterocycles. The van der Waals surface area contributed by atoms with Gasteiger partial charge in [-0.1, -0.05) is 30.3 Å². The van der Waals surface area contributed by atoms with Crippen LogP contribution in [-0.2, 0) is 0 Å². The van der Waals surface area contributed by atoms with Gasteiger partial charge in [0.2, 0.25) is 0 Å². The topological polar surface area (TPSA) is 74.8 Å². The number of benzene rings is 3. The predicted octanol–water partition coefficient (Wildman–Crippen LogP) is 4.82. The number of amides is 2. The quantitative estimate of drug-likeness (QED) is 0.374. The second kappa shape index (κ2) is 9.22. The van der Waals surface area contributed by atoms with E-state index in [1.165, 1.54) is 24.0 Å². The zero-order valence-corrected chi connectivity index (χ0v) is 21.4. The second-order valence-electron chi connectivity index (χ2n) is 10.8. The van der Waals surface area contributed by atoms with Gasteiger partial charge in [-0.15, -0.1) is 0 Å². The minimum absolute atomic E-state index is 0.185. The molecule has 39 heavy (non-hydrogen) atoms. The summed E-state index contributed by atoms with van der Waals surface area (Å²) in [6, 6.07) is 13.8. The Hall–Kier alpha value is -4.20. The lowest BCUT2D eigenvalue weighted by atomic mass is 9.77. The minimum Gasteiger partial charge on any atom is -0.338 e. The van der Waals surface area contributed by atoms with E-state index in [0.29, 0.717) is 61.3 Å². The Kier molecular flexibility index (Phi) is 5.93. The third-order valence-electron chi connectivity index (χ3n) is 8.51. The Bertz CT molecular complexity index is 1570. The number of fused-ring (bicyclic) bond motifs is 2. The molecule has 0 aromatic heterocycles. The van der Waals surface area contributed by atoms with Crippen LogP contribution in [0.3, 0.4) is 0 Å². The number of halogens is 2. The number of hydrogen-bond acceptors (Lipinski definition) is 4. The van der Waals surface area contributed by atoms with Crippen molar-refractivity contribution in [2.45, 2.75) is 26.2 Å². The van der Waals surface area contributed by atoms with Gasteiger partial charge in [-0.25, -0.2) is 8.78 Å². The first-order valence-corrected chi connectivity index (χ1v) is 13.0. The van der Waals surface area contributed by atoms with Gasteiger partial charge >= 0.3 is 0 Å². The number of hydrogen-bond donors (Lipinski definition) is 0. The number of likely N-dealkylation sites (tertiary alicyclic amines) is 2. The Morgan fingerprint density at radius 2 is 1.33 bits per heavy atom. The van der Waals surface area contributed by atoms with Gasteiger partial charge in [0.05, 0.1) is 0 Å². The first-order valence-electron chi connectivity index (χ1n) is 13.0. The Morgan fingerprint density at radius 3 is 2.00 bits per heavy atom. The number of nitrogens with zero attached hydrogens (tertiary/aromatic N) is 2. The number of rotatable bonds is 2. The van der Waals surface area contributed by atoms with E-state index in [9.17, 15) is 28.0 Å². The van der Waals surface area contributed by atoms with E-state index < -0.39 is 23.1 Å². The summed E-state index contributed by atoms with van der Waals surface area (Å²) < 4.78 is 28.8. The van der Waals surface area contributed by atoms with Crippen LogP contribution in [0.1, 0.15) is 77.4 Å². The van der Waals surface area contributed by atoms with E-state index in [1.807, 2.05) is 0 Å². The van der Waals surface area contributed by atoms with Crippen molar-refractivity contribution < 1.29 is 28.0 Å². The summed E-state index contributed by atoms with van der Waals surface area (Å²) in [5, 5.41) is 0. The average Bonchev–Trinajstić information content (AvgIpc) is 3.36. The van der Waals surface area contributed by atoms with Crippen molar-refractivity contribution in [1.29, 1.82) is 0 Å². The van der Waals surface area contributed by atoms with Crippen LogP contribution in [0, 0.1) is 24.0 Å².